The Morgan fingerprint density at radius 1 is 1.10 bits per heavy atom. The monoisotopic (exact) mass is 289 g/mol. The van der Waals surface area contributed by atoms with Crippen LogP contribution in [0.1, 0.15) is 43.4 Å². The van der Waals surface area contributed by atoms with E-state index in [0.717, 1.165) is 30.6 Å². The van der Waals surface area contributed by atoms with Crippen LogP contribution >= 0.6 is 0 Å². The summed E-state index contributed by atoms with van der Waals surface area (Å²) in [6.07, 6.45) is 2.50. The zero-order chi connectivity index (χ0) is 15.4. The molecule has 0 amide bonds. The molecule has 1 aliphatic heterocycles. The number of hydrogen-bond acceptors (Lipinski definition) is 2. The first kappa shape index (κ1) is 16.4. The van der Waals surface area contributed by atoms with Crippen LogP contribution in [0.5, 0.6) is 5.75 Å². The summed E-state index contributed by atoms with van der Waals surface area (Å²) >= 11 is 0. The highest BCUT2D eigenvalue weighted by Gasteiger charge is 2.21. The Labute approximate surface area is 130 Å². The summed E-state index contributed by atoms with van der Waals surface area (Å²) in [5, 5.41) is 0. The van der Waals surface area contributed by atoms with Gasteiger partial charge in [0.1, 0.15) is 5.75 Å². The van der Waals surface area contributed by atoms with Crippen molar-refractivity contribution in [3.63, 3.8) is 0 Å². The number of likely N-dealkylation sites (tertiary alicyclic amines) is 1. The van der Waals surface area contributed by atoms with Crippen molar-refractivity contribution in [3.8, 4) is 5.75 Å². The molecule has 0 aliphatic carbocycles. The Morgan fingerprint density at radius 2 is 1.76 bits per heavy atom. The number of nitrogens with zero attached hydrogens (tertiary/aromatic N) is 1. The molecule has 2 heteroatoms. The number of ether oxygens (including phenoxy) is 1. The first-order valence-corrected chi connectivity index (χ1v) is 8.38. The van der Waals surface area contributed by atoms with E-state index in [1.807, 2.05) is 0 Å². The van der Waals surface area contributed by atoms with Gasteiger partial charge in [0.15, 0.2) is 0 Å². The Bertz CT molecular complexity index is 459. The summed E-state index contributed by atoms with van der Waals surface area (Å²) in [7, 11) is 0. The van der Waals surface area contributed by atoms with E-state index < -0.39 is 0 Å². The highest BCUT2D eigenvalue weighted by Crippen LogP contribution is 2.24. The second-order valence-corrected chi connectivity index (χ2v) is 7.11. The van der Waals surface area contributed by atoms with E-state index in [4.69, 9.17) is 4.74 Å². The number of piperidine rings is 1. The molecule has 1 saturated heterocycles. The van der Waals surface area contributed by atoms with Crippen LogP contribution in [0.25, 0.3) is 0 Å². The predicted octanol–water partition coefficient (Wildman–Crippen LogP) is 4.36. The maximum atomic E-state index is 6.02. The van der Waals surface area contributed by atoms with Crippen LogP contribution in [-0.2, 0) is 0 Å². The fourth-order valence-corrected chi connectivity index (χ4v) is 3.60. The highest BCUT2D eigenvalue weighted by molar-refractivity contribution is 5.41. The minimum absolute atomic E-state index is 0.822. The molecule has 0 bridgehead atoms. The maximum Gasteiger partial charge on any atom is 0.122 e. The fourth-order valence-electron chi connectivity index (χ4n) is 3.60. The van der Waals surface area contributed by atoms with Crippen molar-refractivity contribution in [2.45, 2.75) is 47.5 Å². The van der Waals surface area contributed by atoms with Crippen LogP contribution in [0.3, 0.4) is 0 Å². The third-order valence-corrected chi connectivity index (χ3v) is 4.58. The number of benzene rings is 1. The molecule has 1 heterocycles. The molecular weight excluding hydrogens is 258 g/mol. The van der Waals surface area contributed by atoms with E-state index in [9.17, 15) is 0 Å². The molecule has 0 saturated carbocycles. The van der Waals surface area contributed by atoms with Gasteiger partial charge in [0, 0.05) is 19.6 Å². The largest absolute Gasteiger partial charge is 0.493 e. The van der Waals surface area contributed by atoms with E-state index in [0.29, 0.717) is 0 Å². The molecule has 2 atom stereocenters. The Hall–Kier alpha value is -1.02. The quantitative estimate of drug-likeness (QED) is 0.747. The highest BCUT2D eigenvalue weighted by atomic mass is 16.5. The number of rotatable bonds is 5. The Morgan fingerprint density at radius 3 is 2.43 bits per heavy atom. The SMILES string of the molecule is Cc1cc(C)c(C)c(OCCCN2C[C@@H](C)C[C@H](C)C2)c1. The van der Waals surface area contributed by atoms with Gasteiger partial charge in [-0.3, -0.25) is 0 Å². The van der Waals surface area contributed by atoms with Crippen molar-refractivity contribution >= 4 is 0 Å². The Kier molecular flexibility index (Phi) is 5.69. The average molecular weight is 289 g/mol. The molecule has 1 aromatic carbocycles. The van der Waals surface area contributed by atoms with Crippen molar-refractivity contribution in [3.05, 3.63) is 28.8 Å². The molecular formula is C19H31NO. The van der Waals surface area contributed by atoms with Crippen LogP contribution in [0.4, 0.5) is 0 Å². The third kappa shape index (κ3) is 4.74. The maximum absolute atomic E-state index is 6.02. The zero-order valence-corrected chi connectivity index (χ0v) is 14.4. The lowest BCUT2D eigenvalue weighted by Gasteiger charge is -2.34. The molecule has 0 N–H and O–H groups in total. The molecule has 0 aromatic heterocycles. The summed E-state index contributed by atoms with van der Waals surface area (Å²) < 4.78 is 6.02. The number of hydrogen-bond donors (Lipinski definition) is 0. The van der Waals surface area contributed by atoms with Crippen LogP contribution in [0.15, 0.2) is 12.1 Å². The average Bonchev–Trinajstić information content (AvgIpc) is 2.39. The van der Waals surface area contributed by atoms with Crippen molar-refractivity contribution in [1.29, 1.82) is 0 Å². The molecule has 1 fully saturated rings. The third-order valence-electron chi connectivity index (χ3n) is 4.58. The summed E-state index contributed by atoms with van der Waals surface area (Å²) in [5.41, 5.74) is 3.89. The molecule has 1 aromatic rings. The number of aryl methyl sites for hydroxylation is 2. The smallest absolute Gasteiger partial charge is 0.122 e. The van der Waals surface area contributed by atoms with Crippen molar-refractivity contribution in [1.82, 2.24) is 4.90 Å². The summed E-state index contributed by atoms with van der Waals surface area (Å²) in [4.78, 5) is 2.61. The zero-order valence-electron chi connectivity index (χ0n) is 14.4. The topological polar surface area (TPSA) is 12.5 Å². The Balaban J connectivity index is 1.77. The van der Waals surface area contributed by atoms with E-state index in [-0.39, 0.29) is 0 Å². The van der Waals surface area contributed by atoms with Gasteiger partial charge >= 0.3 is 0 Å². The van der Waals surface area contributed by atoms with Gasteiger partial charge < -0.3 is 9.64 Å². The van der Waals surface area contributed by atoms with E-state index in [1.54, 1.807) is 0 Å². The van der Waals surface area contributed by atoms with Gasteiger partial charge in [-0.25, -0.2) is 0 Å². The van der Waals surface area contributed by atoms with E-state index in [1.165, 1.54) is 42.7 Å². The van der Waals surface area contributed by atoms with Gasteiger partial charge in [-0.2, -0.15) is 0 Å². The first-order valence-electron chi connectivity index (χ1n) is 8.38. The van der Waals surface area contributed by atoms with Gasteiger partial charge in [-0.15, -0.1) is 0 Å². The van der Waals surface area contributed by atoms with Crippen LogP contribution in [0, 0.1) is 32.6 Å². The molecule has 2 rings (SSSR count). The second kappa shape index (κ2) is 7.31. The van der Waals surface area contributed by atoms with Crippen LogP contribution in [0.2, 0.25) is 0 Å². The predicted molar refractivity (Wildman–Crippen MR) is 90.2 cm³/mol. The molecule has 0 unspecified atom stereocenters. The van der Waals surface area contributed by atoms with Gasteiger partial charge in [0.25, 0.3) is 0 Å². The minimum Gasteiger partial charge on any atom is -0.493 e. The molecule has 2 nitrogen and oxygen atoms in total. The van der Waals surface area contributed by atoms with E-state index in [2.05, 4.69) is 51.7 Å². The molecule has 1 aliphatic rings. The van der Waals surface area contributed by atoms with Crippen LogP contribution < -0.4 is 4.74 Å². The molecule has 21 heavy (non-hydrogen) atoms. The first-order chi connectivity index (χ1) is 9.95. The molecule has 118 valence electrons. The lowest BCUT2D eigenvalue weighted by Crippen LogP contribution is -2.39. The van der Waals surface area contributed by atoms with Crippen molar-refractivity contribution in [2.24, 2.45) is 11.8 Å². The van der Waals surface area contributed by atoms with Gasteiger partial charge in [-0.1, -0.05) is 19.9 Å². The van der Waals surface area contributed by atoms with Crippen molar-refractivity contribution in [2.75, 3.05) is 26.2 Å². The fraction of sp³-hybridized carbons (Fsp3) is 0.684. The minimum atomic E-state index is 0.822. The lowest BCUT2D eigenvalue weighted by molar-refractivity contribution is 0.132. The van der Waals surface area contributed by atoms with Gasteiger partial charge in [0.2, 0.25) is 0 Å². The molecule has 0 radical (unpaired) electrons. The summed E-state index contributed by atoms with van der Waals surface area (Å²) in [6, 6.07) is 4.38. The standard InChI is InChI=1S/C19H31NO/c1-14-10-17(4)18(5)19(11-14)21-8-6-7-20-12-15(2)9-16(3)13-20/h10-11,15-16H,6-9,12-13H2,1-5H3/t15-,16-/m0/s1. The molecule has 0 spiro atoms. The van der Waals surface area contributed by atoms with E-state index >= 15 is 0 Å². The lowest BCUT2D eigenvalue weighted by atomic mass is 9.92. The van der Waals surface area contributed by atoms with Gasteiger partial charge in [-0.05, 0) is 68.2 Å². The second-order valence-electron chi connectivity index (χ2n) is 7.11. The van der Waals surface area contributed by atoms with Crippen molar-refractivity contribution < 1.29 is 4.74 Å². The summed E-state index contributed by atoms with van der Waals surface area (Å²) in [6.45, 7) is 15.7. The van der Waals surface area contributed by atoms with Gasteiger partial charge in [0.05, 0.1) is 6.61 Å². The normalized spacial score (nSPS) is 23.3. The van der Waals surface area contributed by atoms with Crippen LogP contribution in [-0.4, -0.2) is 31.1 Å². The summed E-state index contributed by atoms with van der Waals surface area (Å²) in [5.74, 6) is 2.75.